The van der Waals surface area contributed by atoms with E-state index in [1.807, 2.05) is 18.2 Å². The van der Waals surface area contributed by atoms with Gasteiger partial charge in [-0.05, 0) is 29.3 Å². The Kier molecular flexibility index (Phi) is 5.77. The van der Waals surface area contributed by atoms with Crippen LogP contribution in [-0.2, 0) is 18.0 Å². The van der Waals surface area contributed by atoms with Crippen LogP contribution < -0.4 is 0 Å². The normalized spacial score (nSPS) is 10.0. The molecule has 0 unspecified atom stereocenters. The van der Waals surface area contributed by atoms with Crippen molar-refractivity contribution >= 4 is 11.6 Å². The van der Waals surface area contributed by atoms with E-state index in [1.54, 1.807) is 18.2 Å². The van der Waals surface area contributed by atoms with Crippen molar-refractivity contribution in [2.45, 2.75) is 13.2 Å². The summed E-state index contributed by atoms with van der Waals surface area (Å²) in [5.74, 6) is 4.59. The highest BCUT2D eigenvalue weighted by Gasteiger charge is 2.03. The number of benzene rings is 2. The zero-order valence-corrected chi connectivity index (χ0v) is 12.0. The van der Waals surface area contributed by atoms with Crippen molar-refractivity contribution in [1.82, 2.24) is 0 Å². The lowest BCUT2D eigenvalue weighted by molar-refractivity contribution is 0.107. The number of aliphatic hydroxyl groups is 1. The third kappa shape index (κ3) is 4.57. The molecule has 0 heterocycles. The van der Waals surface area contributed by atoms with E-state index >= 15 is 0 Å². The molecule has 0 aliphatic carbocycles. The minimum absolute atomic E-state index is 0.253. The van der Waals surface area contributed by atoms with Gasteiger partial charge in [-0.25, -0.2) is 4.39 Å². The first-order valence-corrected chi connectivity index (χ1v) is 6.78. The van der Waals surface area contributed by atoms with Crippen LogP contribution in [0.1, 0.15) is 16.7 Å². The van der Waals surface area contributed by atoms with E-state index in [9.17, 15) is 4.39 Å². The molecule has 2 aromatic carbocycles. The van der Waals surface area contributed by atoms with Crippen molar-refractivity contribution < 1.29 is 14.2 Å². The Morgan fingerprint density at radius 1 is 1.14 bits per heavy atom. The molecule has 0 amide bonds. The summed E-state index contributed by atoms with van der Waals surface area (Å²) in [6, 6.07) is 12.1. The van der Waals surface area contributed by atoms with Crippen LogP contribution in [0.3, 0.4) is 0 Å². The van der Waals surface area contributed by atoms with Crippen molar-refractivity contribution in [3.8, 4) is 11.8 Å². The molecule has 0 atom stereocenters. The fourth-order valence-corrected chi connectivity index (χ4v) is 1.98. The quantitative estimate of drug-likeness (QED) is 0.876. The van der Waals surface area contributed by atoms with Gasteiger partial charge >= 0.3 is 0 Å². The smallest absolute Gasteiger partial charge is 0.138 e. The van der Waals surface area contributed by atoms with Crippen LogP contribution >= 0.6 is 11.6 Å². The van der Waals surface area contributed by atoms with Gasteiger partial charge in [-0.2, -0.15) is 0 Å². The second-order valence-electron chi connectivity index (χ2n) is 4.36. The van der Waals surface area contributed by atoms with Gasteiger partial charge in [0.05, 0.1) is 18.8 Å². The van der Waals surface area contributed by atoms with E-state index in [1.165, 1.54) is 6.07 Å². The average molecular weight is 305 g/mol. The summed E-state index contributed by atoms with van der Waals surface area (Å²) in [5, 5.41) is 9.31. The number of ether oxygens (including phenoxy) is 1. The van der Waals surface area contributed by atoms with Gasteiger partial charge in [-0.3, -0.25) is 0 Å². The van der Waals surface area contributed by atoms with Crippen LogP contribution in [0.2, 0.25) is 5.02 Å². The number of hydrogen-bond donors (Lipinski definition) is 1. The monoisotopic (exact) mass is 304 g/mol. The first-order valence-electron chi connectivity index (χ1n) is 6.40. The van der Waals surface area contributed by atoms with E-state index in [0.717, 1.165) is 11.1 Å². The first-order chi connectivity index (χ1) is 10.2. The van der Waals surface area contributed by atoms with Gasteiger partial charge < -0.3 is 9.84 Å². The molecular weight excluding hydrogens is 291 g/mol. The minimum Gasteiger partial charge on any atom is -0.384 e. The highest BCUT2D eigenvalue weighted by atomic mass is 35.5. The van der Waals surface area contributed by atoms with Gasteiger partial charge in [-0.1, -0.05) is 47.7 Å². The van der Waals surface area contributed by atoms with E-state index in [-0.39, 0.29) is 12.2 Å². The molecule has 0 spiro atoms. The van der Waals surface area contributed by atoms with Gasteiger partial charge in [0.25, 0.3) is 0 Å². The zero-order valence-electron chi connectivity index (χ0n) is 11.3. The predicted octanol–water partition coefficient (Wildman–Crippen LogP) is 3.54. The summed E-state index contributed by atoms with van der Waals surface area (Å²) in [4.78, 5) is 0. The molecule has 4 heteroatoms. The Balaban J connectivity index is 1.99. The number of halogens is 2. The van der Waals surface area contributed by atoms with Crippen LogP contribution in [-0.4, -0.2) is 11.7 Å². The molecule has 108 valence electrons. The molecule has 0 radical (unpaired) electrons. The number of hydrogen-bond acceptors (Lipinski definition) is 2. The Hall–Kier alpha value is -1.86. The predicted molar refractivity (Wildman–Crippen MR) is 80.3 cm³/mol. The van der Waals surface area contributed by atoms with Crippen LogP contribution in [0, 0.1) is 17.7 Å². The molecule has 0 saturated carbocycles. The standard InChI is InChI=1S/C17H14ClFO2/c18-16-6-2-1-4-15(16)12-21-11-13-7-8-17(19)14(10-13)5-3-9-20/h1-2,4,6-8,10,20H,9,11-12H2. The van der Waals surface area contributed by atoms with Gasteiger partial charge in [0.2, 0.25) is 0 Å². The molecule has 0 aliphatic rings. The lowest BCUT2D eigenvalue weighted by Crippen LogP contribution is -1.96. The van der Waals surface area contributed by atoms with Crippen LogP contribution in [0.4, 0.5) is 4.39 Å². The van der Waals surface area contributed by atoms with Crippen LogP contribution in [0.15, 0.2) is 42.5 Å². The summed E-state index contributed by atoms with van der Waals surface area (Å²) in [6.45, 7) is 0.417. The van der Waals surface area contributed by atoms with Gasteiger partial charge in [0.1, 0.15) is 12.4 Å². The molecule has 2 aromatic rings. The lowest BCUT2D eigenvalue weighted by atomic mass is 10.1. The van der Waals surface area contributed by atoms with E-state index < -0.39 is 5.82 Å². The molecular formula is C17H14ClFO2. The van der Waals surface area contributed by atoms with Gasteiger partial charge in [0, 0.05) is 5.02 Å². The van der Waals surface area contributed by atoms with E-state index in [2.05, 4.69) is 11.8 Å². The third-order valence-electron chi connectivity index (χ3n) is 2.82. The Bertz CT molecular complexity index is 674. The summed E-state index contributed by atoms with van der Waals surface area (Å²) in [6.07, 6.45) is 0. The van der Waals surface area contributed by atoms with Crippen molar-refractivity contribution in [2.75, 3.05) is 6.61 Å². The Morgan fingerprint density at radius 3 is 2.71 bits per heavy atom. The molecule has 2 rings (SSSR count). The molecule has 0 aromatic heterocycles. The van der Waals surface area contributed by atoms with Gasteiger partial charge in [0.15, 0.2) is 0 Å². The lowest BCUT2D eigenvalue weighted by Gasteiger charge is -2.07. The second kappa shape index (κ2) is 7.80. The zero-order chi connectivity index (χ0) is 15.1. The second-order valence-corrected chi connectivity index (χ2v) is 4.77. The minimum atomic E-state index is -0.411. The van der Waals surface area contributed by atoms with Crippen LogP contribution in [0.25, 0.3) is 0 Å². The molecule has 0 bridgehead atoms. The van der Waals surface area contributed by atoms with Crippen LogP contribution in [0.5, 0.6) is 0 Å². The molecule has 2 nitrogen and oxygen atoms in total. The Labute approximate surface area is 128 Å². The van der Waals surface area contributed by atoms with E-state index in [4.69, 9.17) is 21.4 Å². The highest BCUT2D eigenvalue weighted by Crippen LogP contribution is 2.17. The molecule has 0 fully saturated rings. The summed E-state index contributed by atoms with van der Waals surface area (Å²) >= 11 is 6.04. The van der Waals surface area contributed by atoms with E-state index in [0.29, 0.717) is 18.2 Å². The first kappa shape index (κ1) is 15.5. The molecule has 1 N–H and O–H groups in total. The largest absolute Gasteiger partial charge is 0.384 e. The Morgan fingerprint density at radius 2 is 1.95 bits per heavy atom. The van der Waals surface area contributed by atoms with Crippen molar-refractivity contribution in [1.29, 1.82) is 0 Å². The average Bonchev–Trinajstić information content (AvgIpc) is 2.49. The fraction of sp³-hybridized carbons (Fsp3) is 0.176. The van der Waals surface area contributed by atoms with Crippen molar-refractivity contribution in [2.24, 2.45) is 0 Å². The maximum absolute atomic E-state index is 13.5. The SMILES string of the molecule is OCC#Cc1cc(COCc2ccccc2Cl)ccc1F. The summed E-state index contributed by atoms with van der Waals surface area (Å²) in [5.41, 5.74) is 1.97. The fourth-order valence-electron chi connectivity index (χ4n) is 1.79. The summed E-state index contributed by atoms with van der Waals surface area (Å²) < 4.78 is 19.1. The number of aliphatic hydroxyl groups excluding tert-OH is 1. The summed E-state index contributed by atoms with van der Waals surface area (Å²) in [7, 11) is 0. The number of rotatable bonds is 4. The molecule has 21 heavy (non-hydrogen) atoms. The highest BCUT2D eigenvalue weighted by molar-refractivity contribution is 6.31. The van der Waals surface area contributed by atoms with Crippen molar-refractivity contribution in [3.05, 3.63) is 70.0 Å². The third-order valence-corrected chi connectivity index (χ3v) is 3.19. The van der Waals surface area contributed by atoms with Crippen molar-refractivity contribution in [3.63, 3.8) is 0 Å². The molecule has 0 aliphatic heterocycles. The molecule has 0 saturated heterocycles. The maximum atomic E-state index is 13.5. The van der Waals surface area contributed by atoms with Gasteiger partial charge in [-0.15, -0.1) is 0 Å². The topological polar surface area (TPSA) is 29.5 Å². The maximum Gasteiger partial charge on any atom is 0.138 e.